The SMILES string of the molecule is CCCn1c(-c2ccc(F)cc2)c(/C=C/C(O)CC(=O)CC(=O)O)c2c(c1=O)CCCC2. The second-order valence-corrected chi connectivity index (χ2v) is 8.13. The van der Waals surface area contributed by atoms with Gasteiger partial charge in [-0.05, 0) is 67.5 Å². The Labute approximate surface area is 186 Å². The number of hydrogen-bond acceptors (Lipinski definition) is 4. The van der Waals surface area contributed by atoms with Gasteiger partial charge in [-0.2, -0.15) is 0 Å². The van der Waals surface area contributed by atoms with Gasteiger partial charge >= 0.3 is 5.97 Å². The molecule has 1 aliphatic carbocycles. The molecule has 2 aromatic rings. The van der Waals surface area contributed by atoms with E-state index in [1.807, 2.05) is 6.92 Å². The van der Waals surface area contributed by atoms with E-state index in [0.29, 0.717) is 24.2 Å². The van der Waals surface area contributed by atoms with Gasteiger partial charge in [0.1, 0.15) is 18.0 Å². The number of halogens is 1. The van der Waals surface area contributed by atoms with Crippen LogP contribution in [0.15, 0.2) is 35.1 Å². The third-order valence-corrected chi connectivity index (χ3v) is 5.66. The Kier molecular flexibility index (Phi) is 7.75. The molecular formula is C25H28FNO5. The lowest BCUT2D eigenvalue weighted by Gasteiger charge is -2.25. The topological polar surface area (TPSA) is 96.6 Å². The van der Waals surface area contributed by atoms with Gasteiger partial charge in [0.2, 0.25) is 0 Å². The van der Waals surface area contributed by atoms with Crippen molar-refractivity contribution in [1.29, 1.82) is 0 Å². The average molecular weight is 441 g/mol. The minimum Gasteiger partial charge on any atom is -0.481 e. The number of hydrogen-bond donors (Lipinski definition) is 2. The maximum absolute atomic E-state index is 13.6. The van der Waals surface area contributed by atoms with E-state index in [2.05, 4.69) is 0 Å². The van der Waals surface area contributed by atoms with Gasteiger partial charge in [0.15, 0.2) is 0 Å². The quantitative estimate of drug-likeness (QED) is 0.578. The summed E-state index contributed by atoms with van der Waals surface area (Å²) in [6.07, 6.45) is 5.12. The van der Waals surface area contributed by atoms with E-state index >= 15 is 0 Å². The highest BCUT2D eigenvalue weighted by atomic mass is 19.1. The number of fused-ring (bicyclic) bond motifs is 1. The first-order valence-corrected chi connectivity index (χ1v) is 11.0. The molecule has 170 valence electrons. The summed E-state index contributed by atoms with van der Waals surface area (Å²) in [5.74, 6) is -2.17. The van der Waals surface area contributed by atoms with Crippen molar-refractivity contribution in [2.75, 3.05) is 0 Å². The minimum absolute atomic E-state index is 0.0322. The highest BCUT2D eigenvalue weighted by Crippen LogP contribution is 2.32. The highest BCUT2D eigenvalue weighted by Gasteiger charge is 2.23. The maximum Gasteiger partial charge on any atom is 0.310 e. The van der Waals surface area contributed by atoms with E-state index in [1.165, 1.54) is 18.2 Å². The third-order valence-electron chi connectivity index (χ3n) is 5.66. The number of nitrogens with zero attached hydrogens (tertiary/aromatic N) is 1. The predicted molar refractivity (Wildman–Crippen MR) is 120 cm³/mol. The number of aliphatic hydroxyl groups excluding tert-OH is 1. The lowest BCUT2D eigenvalue weighted by atomic mass is 9.86. The standard InChI is InChI=1S/C25H28FNO5/c1-2-13-27-24(16-7-9-17(26)10-8-16)21(20-5-3-4-6-22(20)25(27)32)12-11-18(28)14-19(29)15-23(30)31/h7-12,18,28H,2-6,13-15H2,1H3,(H,30,31)/b12-11+. The van der Waals surface area contributed by atoms with Crippen LogP contribution in [-0.2, 0) is 29.0 Å². The molecule has 0 aliphatic heterocycles. The Morgan fingerprint density at radius 1 is 1.16 bits per heavy atom. The fraction of sp³-hybridized carbons (Fsp3) is 0.400. The Balaban J connectivity index is 2.13. The molecule has 1 atom stereocenters. The average Bonchev–Trinajstić information content (AvgIpc) is 2.75. The predicted octanol–water partition coefficient (Wildman–Crippen LogP) is 3.75. The summed E-state index contributed by atoms with van der Waals surface area (Å²) in [6, 6.07) is 5.97. The molecule has 1 aliphatic rings. The van der Waals surface area contributed by atoms with E-state index in [1.54, 1.807) is 22.8 Å². The Bertz CT molecular complexity index is 1080. The summed E-state index contributed by atoms with van der Waals surface area (Å²) in [4.78, 5) is 35.8. The number of carbonyl (C=O) groups is 2. The number of aliphatic hydroxyl groups is 1. The first-order chi connectivity index (χ1) is 15.3. The number of carboxylic acids is 1. The Hall–Kier alpha value is -3.06. The maximum atomic E-state index is 13.6. The van der Waals surface area contributed by atoms with Crippen LogP contribution in [0.4, 0.5) is 4.39 Å². The molecule has 0 saturated carbocycles. The molecule has 0 radical (unpaired) electrons. The van der Waals surface area contributed by atoms with Crippen LogP contribution in [0.2, 0.25) is 0 Å². The Morgan fingerprint density at radius 3 is 2.44 bits per heavy atom. The second kappa shape index (κ2) is 10.5. The Morgan fingerprint density at radius 2 is 1.81 bits per heavy atom. The van der Waals surface area contributed by atoms with Crippen LogP contribution in [0, 0.1) is 5.82 Å². The van der Waals surface area contributed by atoms with E-state index < -0.39 is 24.3 Å². The molecule has 1 heterocycles. The van der Waals surface area contributed by atoms with Crippen molar-refractivity contribution in [2.24, 2.45) is 0 Å². The van der Waals surface area contributed by atoms with Crippen LogP contribution in [0.1, 0.15) is 55.7 Å². The van der Waals surface area contributed by atoms with Gasteiger partial charge in [0.25, 0.3) is 5.56 Å². The highest BCUT2D eigenvalue weighted by molar-refractivity contribution is 5.95. The molecule has 0 amide bonds. The number of Topliss-reactive ketones (excluding diaryl/α,β-unsaturated/α-hetero) is 1. The van der Waals surface area contributed by atoms with Crippen LogP contribution in [0.5, 0.6) is 0 Å². The smallest absolute Gasteiger partial charge is 0.310 e. The van der Waals surface area contributed by atoms with Crippen LogP contribution in [0.25, 0.3) is 17.3 Å². The van der Waals surface area contributed by atoms with Crippen LogP contribution >= 0.6 is 0 Å². The zero-order chi connectivity index (χ0) is 23.3. The molecule has 1 aromatic heterocycles. The second-order valence-electron chi connectivity index (χ2n) is 8.13. The monoisotopic (exact) mass is 441 g/mol. The van der Waals surface area contributed by atoms with Crippen molar-refractivity contribution >= 4 is 17.8 Å². The number of aromatic nitrogens is 1. The molecular weight excluding hydrogens is 413 g/mol. The first-order valence-electron chi connectivity index (χ1n) is 11.0. The molecule has 1 aromatic carbocycles. The summed E-state index contributed by atoms with van der Waals surface area (Å²) in [5.41, 5.74) is 3.80. The molecule has 2 N–H and O–H groups in total. The van der Waals surface area contributed by atoms with Crippen molar-refractivity contribution in [1.82, 2.24) is 4.57 Å². The molecule has 3 rings (SSSR count). The summed E-state index contributed by atoms with van der Waals surface area (Å²) in [5, 5.41) is 19.1. The van der Waals surface area contributed by atoms with Crippen LogP contribution in [0.3, 0.4) is 0 Å². The van der Waals surface area contributed by atoms with Gasteiger partial charge in [-0.15, -0.1) is 0 Å². The largest absolute Gasteiger partial charge is 0.481 e. The fourth-order valence-electron chi connectivity index (χ4n) is 4.28. The zero-order valence-electron chi connectivity index (χ0n) is 18.1. The molecule has 0 saturated heterocycles. The van der Waals surface area contributed by atoms with Gasteiger partial charge in [-0.25, -0.2) is 4.39 Å². The van der Waals surface area contributed by atoms with Crippen molar-refractivity contribution in [2.45, 2.75) is 64.5 Å². The van der Waals surface area contributed by atoms with E-state index in [-0.39, 0.29) is 17.8 Å². The number of rotatable bonds is 9. The number of carboxylic acid groups (broad SMARTS) is 1. The van der Waals surface area contributed by atoms with Crippen molar-refractivity contribution in [3.8, 4) is 11.3 Å². The summed E-state index contributed by atoms with van der Waals surface area (Å²) >= 11 is 0. The van der Waals surface area contributed by atoms with Gasteiger partial charge in [0, 0.05) is 24.1 Å². The molecule has 32 heavy (non-hydrogen) atoms. The summed E-state index contributed by atoms with van der Waals surface area (Å²) < 4.78 is 15.3. The first kappa shape index (κ1) is 23.6. The minimum atomic E-state index is -1.23. The van der Waals surface area contributed by atoms with Gasteiger partial charge in [-0.1, -0.05) is 19.1 Å². The molecule has 6 nitrogen and oxygen atoms in total. The summed E-state index contributed by atoms with van der Waals surface area (Å²) in [6.45, 7) is 2.48. The van der Waals surface area contributed by atoms with Crippen LogP contribution in [-0.4, -0.2) is 32.6 Å². The fourth-order valence-corrected chi connectivity index (χ4v) is 4.28. The lowest BCUT2D eigenvalue weighted by molar-refractivity contribution is -0.140. The normalized spacial score (nSPS) is 14.3. The van der Waals surface area contributed by atoms with Crippen molar-refractivity contribution in [3.05, 3.63) is 63.2 Å². The van der Waals surface area contributed by atoms with Gasteiger partial charge < -0.3 is 14.8 Å². The molecule has 0 spiro atoms. The molecule has 1 unspecified atom stereocenters. The number of pyridine rings is 1. The molecule has 7 heteroatoms. The number of benzene rings is 1. The zero-order valence-corrected chi connectivity index (χ0v) is 18.1. The summed E-state index contributed by atoms with van der Waals surface area (Å²) in [7, 11) is 0. The lowest BCUT2D eigenvalue weighted by Crippen LogP contribution is -2.30. The molecule has 0 fully saturated rings. The van der Waals surface area contributed by atoms with E-state index in [4.69, 9.17) is 5.11 Å². The number of carbonyl (C=O) groups excluding carboxylic acids is 1. The third kappa shape index (κ3) is 5.40. The van der Waals surface area contributed by atoms with Crippen molar-refractivity contribution in [3.63, 3.8) is 0 Å². The molecule has 0 bridgehead atoms. The number of aliphatic carboxylic acids is 1. The van der Waals surface area contributed by atoms with Crippen molar-refractivity contribution < 1.29 is 24.2 Å². The van der Waals surface area contributed by atoms with E-state index in [0.717, 1.165) is 42.4 Å². The van der Waals surface area contributed by atoms with E-state index in [9.17, 15) is 23.9 Å². The van der Waals surface area contributed by atoms with Gasteiger partial charge in [-0.3, -0.25) is 14.4 Å². The van der Waals surface area contributed by atoms with Crippen LogP contribution < -0.4 is 5.56 Å². The number of ketones is 1. The van der Waals surface area contributed by atoms with Gasteiger partial charge in [0.05, 0.1) is 11.8 Å².